The van der Waals surface area contributed by atoms with E-state index in [1.54, 1.807) is 0 Å². The number of aliphatic hydroxyl groups excluding tert-OH is 3. The van der Waals surface area contributed by atoms with Crippen molar-refractivity contribution in [1.82, 2.24) is 0 Å². The summed E-state index contributed by atoms with van der Waals surface area (Å²) in [4.78, 5) is 0. The zero-order valence-electron chi connectivity index (χ0n) is 15.6. The highest BCUT2D eigenvalue weighted by Gasteiger charge is 2.63. The average Bonchev–Trinajstić information content (AvgIpc) is 2.84. The van der Waals surface area contributed by atoms with Crippen molar-refractivity contribution >= 4 is 0 Å². The molecular formula is C21H36O3. The first-order chi connectivity index (χ1) is 11.3. The van der Waals surface area contributed by atoms with Crippen LogP contribution in [0.3, 0.4) is 0 Å². The first kappa shape index (κ1) is 17.3. The summed E-state index contributed by atoms with van der Waals surface area (Å²) < 4.78 is 0. The minimum atomic E-state index is -0.263. The monoisotopic (exact) mass is 336 g/mol. The lowest BCUT2D eigenvalue weighted by molar-refractivity contribution is -0.181. The van der Waals surface area contributed by atoms with Crippen LogP contribution in [0, 0.1) is 40.4 Å². The minimum Gasteiger partial charge on any atom is -0.393 e. The van der Waals surface area contributed by atoms with Gasteiger partial charge in [0.2, 0.25) is 0 Å². The Balaban J connectivity index is 1.66. The smallest absolute Gasteiger partial charge is 0.0581 e. The van der Waals surface area contributed by atoms with Crippen LogP contribution in [0.25, 0.3) is 0 Å². The van der Waals surface area contributed by atoms with Gasteiger partial charge in [-0.2, -0.15) is 0 Å². The Morgan fingerprint density at radius 3 is 2.42 bits per heavy atom. The summed E-state index contributed by atoms with van der Waals surface area (Å²) in [5, 5.41) is 31.7. The quantitative estimate of drug-likeness (QED) is 0.688. The topological polar surface area (TPSA) is 60.7 Å². The molecule has 0 aliphatic heterocycles. The molecule has 4 rings (SSSR count). The zero-order valence-corrected chi connectivity index (χ0v) is 15.6. The van der Waals surface area contributed by atoms with Crippen LogP contribution in [0.1, 0.15) is 72.1 Å². The highest BCUT2D eigenvalue weighted by atomic mass is 16.3. The Bertz CT molecular complexity index is 491. The average molecular weight is 337 g/mol. The van der Waals surface area contributed by atoms with Crippen LogP contribution in [-0.2, 0) is 0 Å². The van der Waals surface area contributed by atoms with E-state index in [-0.39, 0.29) is 29.1 Å². The van der Waals surface area contributed by atoms with E-state index in [0.717, 1.165) is 32.1 Å². The molecule has 4 aliphatic rings. The van der Waals surface area contributed by atoms with Crippen LogP contribution in [0.4, 0.5) is 0 Å². The van der Waals surface area contributed by atoms with Gasteiger partial charge in [0.15, 0.2) is 0 Å². The Kier molecular flexibility index (Phi) is 4.10. The van der Waals surface area contributed by atoms with Gasteiger partial charge in [0.05, 0.1) is 18.3 Å². The normalized spacial score (nSPS) is 58.5. The fourth-order valence-electron chi connectivity index (χ4n) is 8.19. The molecule has 0 aromatic heterocycles. The second-order valence-electron chi connectivity index (χ2n) is 10.2. The molecule has 3 nitrogen and oxygen atoms in total. The molecule has 138 valence electrons. The molecule has 0 aromatic rings. The Morgan fingerprint density at radius 2 is 1.71 bits per heavy atom. The van der Waals surface area contributed by atoms with Gasteiger partial charge >= 0.3 is 0 Å². The van der Waals surface area contributed by atoms with Crippen molar-refractivity contribution < 1.29 is 15.3 Å². The molecule has 0 aromatic carbocycles. The Hall–Kier alpha value is -0.120. The van der Waals surface area contributed by atoms with Crippen molar-refractivity contribution in [2.75, 3.05) is 0 Å². The third-order valence-electron chi connectivity index (χ3n) is 9.22. The maximum Gasteiger partial charge on any atom is 0.0581 e. The molecular weight excluding hydrogens is 300 g/mol. The van der Waals surface area contributed by atoms with Gasteiger partial charge < -0.3 is 15.3 Å². The number of rotatable bonds is 1. The van der Waals surface area contributed by atoms with Crippen molar-refractivity contribution in [3.8, 4) is 0 Å². The van der Waals surface area contributed by atoms with Crippen molar-refractivity contribution in [2.24, 2.45) is 40.4 Å². The molecule has 4 saturated carbocycles. The molecule has 0 heterocycles. The Morgan fingerprint density at radius 1 is 0.958 bits per heavy atom. The third-order valence-corrected chi connectivity index (χ3v) is 9.22. The summed E-state index contributed by atoms with van der Waals surface area (Å²) in [5.41, 5.74) is 0.304. The highest BCUT2D eigenvalue weighted by molar-refractivity contribution is 5.12. The molecule has 0 radical (unpaired) electrons. The van der Waals surface area contributed by atoms with Gasteiger partial charge in [0, 0.05) is 0 Å². The van der Waals surface area contributed by atoms with Gasteiger partial charge in [-0.3, -0.25) is 0 Å². The number of hydrogen-bond donors (Lipinski definition) is 3. The van der Waals surface area contributed by atoms with E-state index in [4.69, 9.17) is 0 Å². The SMILES string of the molecule is C[C@H](O)[C@@H]1CC[C@@H]2[C@H]3CC[C@H]4C[C@@H](O)CC[C@]4(C)[C@@H]3[C@@H](O)C[C@@]21C. The van der Waals surface area contributed by atoms with E-state index in [1.165, 1.54) is 19.3 Å². The molecule has 0 bridgehead atoms. The first-order valence-electron chi connectivity index (χ1n) is 10.3. The van der Waals surface area contributed by atoms with Gasteiger partial charge in [-0.1, -0.05) is 13.8 Å². The lowest BCUT2D eigenvalue weighted by Crippen LogP contribution is -2.59. The summed E-state index contributed by atoms with van der Waals surface area (Å²) >= 11 is 0. The molecule has 0 amide bonds. The fraction of sp³-hybridized carbons (Fsp3) is 1.00. The molecule has 4 fully saturated rings. The summed E-state index contributed by atoms with van der Waals surface area (Å²) in [6, 6.07) is 0. The molecule has 0 saturated heterocycles. The van der Waals surface area contributed by atoms with Gasteiger partial charge in [-0.05, 0) is 98.7 Å². The minimum absolute atomic E-state index is 0.103. The maximum absolute atomic E-state index is 11.2. The molecule has 10 atom stereocenters. The van der Waals surface area contributed by atoms with E-state index in [9.17, 15) is 15.3 Å². The summed E-state index contributed by atoms with van der Waals surface area (Å²) in [6.45, 7) is 6.70. The number of aliphatic hydroxyl groups is 3. The molecule has 3 heteroatoms. The first-order valence-corrected chi connectivity index (χ1v) is 10.3. The summed E-state index contributed by atoms with van der Waals surface area (Å²) in [6.07, 6.45) is 7.91. The van der Waals surface area contributed by atoms with Crippen LogP contribution < -0.4 is 0 Å². The standard InChI is InChI=1S/C21H36O3/c1-12(22)16-6-7-17-15-5-4-13-10-14(23)8-9-20(13,2)19(15)18(24)11-21(16,17)3/h12-19,22-24H,4-11H2,1-3H3/t12-,13-,14-,15+,16-,17+,18-,19-,20-,21+/m0/s1. The van der Waals surface area contributed by atoms with Crippen molar-refractivity contribution in [3.63, 3.8) is 0 Å². The van der Waals surface area contributed by atoms with E-state index < -0.39 is 0 Å². The largest absolute Gasteiger partial charge is 0.393 e. The lowest BCUT2D eigenvalue weighted by Gasteiger charge is -2.62. The van der Waals surface area contributed by atoms with Crippen molar-refractivity contribution in [2.45, 2.75) is 90.4 Å². The van der Waals surface area contributed by atoms with Gasteiger partial charge in [-0.25, -0.2) is 0 Å². The molecule has 4 aliphatic carbocycles. The van der Waals surface area contributed by atoms with Crippen LogP contribution >= 0.6 is 0 Å². The van der Waals surface area contributed by atoms with Gasteiger partial charge in [0.25, 0.3) is 0 Å². The lowest BCUT2D eigenvalue weighted by atomic mass is 9.44. The van der Waals surface area contributed by atoms with Crippen molar-refractivity contribution in [3.05, 3.63) is 0 Å². The van der Waals surface area contributed by atoms with E-state index in [0.29, 0.717) is 29.6 Å². The van der Waals surface area contributed by atoms with Gasteiger partial charge in [0.1, 0.15) is 0 Å². The predicted octanol–water partition coefficient (Wildman–Crippen LogP) is 3.36. The summed E-state index contributed by atoms with van der Waals surface area (Å²) in [5.74, 6) is 2.59. The van der Waals surface area contributed by atoms with E-state index in [2.05, 4.69) is 13.8 Å². The van der Waals surface area contributed by atoms with Gasteiger partial charge in [-0.15, -0.1) is 0 Å². The third kappa shape index (κ3) is 2.27. The van der Waals surface area contributed by atoms with E-state index in [1.807, 2.05) is 6.92 Å². The van der Waals surface area contributed by atoms with E-state index >= 15 is 0 Å². The molecule has 0 unspecified atom stereocenters. The van der Waals surface area contributed by atoms with Crippen LogP contribution in [0.15, 0.2) is 0 Å². The predicted molar refractivity (Wildman–Crippen MR) is 94.3 cm³/mol. The van der Waals surface area contributed by atoms with Crippen molar-refractivity contribution in [1.29, 1.82) is 0 Å². The second kappa shape index (κ2) is 5.69. The maximum atomic E-state index is 11.2. The van der Waals surface area contributed by atoms with Crippen LogP contribution in [-0.4, -0.2) is 33.6 Å². The van der Waals surface area contributed by atoms with Crippen LogP contribution in [0.2, 0.25) is 0 Å². The fourth-order valence-corrected chi connectivity index (χ4v) is 8.19. The molecule has 0 spiro atoms. The Labute approximate surface area is 146 Å². The number of hydrogen-bond acceptors (Lipinski definition) is 3. The molecule has 3 N–H and O–H groups in total. The van der Waals surface area contributed by atoms with Crippen LogP contribution in [0.5, 0.6) is 0 Å². The number of fused-ring (bicyclic) bond motifs is 5. The summed E-state index contributed by atoms with van der Waals surface area (Å²) in [7, 11) is 0. The molecule has 24 heavy (non-hydrogen) atoms. The highest BCUT2D eigenvalue weighted by Crippen LogP contribution is 2.67. The second-order valence-corrected chi connectivity index (χ2v) is 10.2. The zero-order chi connectivity index (χ0) is 17.3.